The van der Waals surface area contributed by atoms with E-state index >= 15 is 0 Å². The summed E-state index contributed by atoms with van der Waals surface area (Å²) in [5, 5.41) is 40.0. The molecule has 10 heteroatoms. The molecule has 1 aliphatic rings. The standard InChI is InChI=1S/C44H84O10/c1-3-5-7-9-11-13-15-17-18-19-20-21-23-24-26-28-30-32-39(46)51-35-37(36-52-44-43(50)42(49)41(48)38(34-45)54-44)53-40(47)33-31-29-27-25-22-16-14-12-10-8-6-4-2/h37-38,41-45,48-50H,3-36H2,1-2H3/t37-,38-,41+,42?,43?,44-/m0/s1. The summed E-state index contributed by atoms with van der Waals surface area (Å²) in [7, 11) is 0. The molecule has 0 aromatic rings. The van der Waals surface area contributed by atoms with Crippen LogP contribution in [0.1, 0.15) is 213 Å². The number of hydrogen-bond acceptors (Lipinski definition) is 10. The number of hydrogen-bond donors (Lipinski definition) is 4. The van der Waals surface area contributed by atoms with E-state index in [1.54, 1.807) is 0 Å². The summed E-state index contributed by atoms with van der Waals surface area (Å²) in [6.07, 6.45) is 28.2. The third-order valence-electron chi connectivity index (χ3n) is 10.7. The molecule has 1 aliphatic heterocycles. The molecule has 0 aromatic carbocycles. The molecule has 4 N–H and O–H groups in total. The molecule has 2 unspecified atom stereocenters. The Balaban J connectivity index is 2.29. The Morgan fingerprint density at radius 2 is 0.870 bits per heavy atom. The first-order valence-corrected chi connectivity index (χ1v) is 22.6. The molecule has 6 atom stereocenters. The Bertz CT molecular complexity index is 855. The highest BCUT2D eigenvalue weighted by Gasteiger charge is 2.44. The largest absolute Gasteiger partial charge is 0.462 e. The molecule has 10 nitrogen and oxygen atoms in total. The Hall–Kier alpha value is -1.30. The molecule has 0 aliphatic carbocycles. The monoisotopic (exact) mass is 773 g/mol. The summed E-state index contributed by atoms with van der Waals surface area (Å²) >= 11 is 0. The van der Waals surface area contributed by atoms with Crippen molar-refractivity contribution in [1.82, 2.24) is 0 Å². The van der Waals surface area contributed by atoms with Gasteiger partial charge in [-0.25, -0.2) is 0 Å². The van der Waals surface area contributed by atoms with Crippen molar-refractivity contribution in [2.24, 2.45) is 0 Å². The van der Waals surface area contributed by atoms with Crippen LogP contribution in [-0.2, 0) is 28.5 Å². The van der Waals surface area contributed by atoms with Crippen LogP contribution in [0.15, 0.2) is 0 Å². The third kappa shape index (κ3) is 27.3. The minimum atomic E-state index is -1.59. The van der Waals surface area contributed by atoms with Crippen LogP contribution in [0, 0.1) is 0 Å². The lowest BCUT2D eigenvalue weighted by atomic mass is 9.99. The van der Waals surface area contributed by atoms with E-state index in [0.29, 0.717) is 6.42 Å². The fraction of sp³-hybridized carbons (Fsp3) is 0.955. The maximum absolute atomic E-state index is 12.7. The van der Waals surface area contributed by atoms with E-state index in [1.165, 1.54) is 141 Å². The van der Waals surface area contributed by atoms with Gasteiger partial charge in [0.25, 0.3) is 0 Å². The average Bonchev–Trinajstić information content (AvgIpc) is 3.17. The van der Waals surface area contributed by atoms with Crippen LogP contribution in [0.4, 0.5) is 0 Å². The van der Waals surface area contributed by atoms with Crippen LogP contribution in [0.3, 0.4) is 0 Å². The second kappa shape index (κ2) is 36.1. The summed E-state index contributed by atoms with van der Waals surface area (Å²) in [6.45, 7) is 3.44. The van der Waals surface area contributed by atoms with Gasteiger partial charge < -0.3 is 39.4 Å². The van der Waals surface area contributed by atoms with Crippen molar-refractivity contribution in [3.8, 4) is 0 Å². The molecule has 1 rings (SSSR count). The molecule has 0 radical (unpaired) electrons. The second-order valence-corrected chi connectivity index (χ2v) is 15.9. The summed E-state index contributed by atoms with van der Waals surface area (Å²) in [5.41, 5.74) is 0. The summed E-state index contributed by atoms with van der Waals surface area (Å²) in [6, 6.07) is 0. The number of ether oxygens (including phenoxy) is 4. The van der Waals surface area contributed by atoms with E-state index in [1.807, 2.05) is 0 Å². The second-order valence-electron chi connectivity index (χ2n) is 15.9. The van der Waals surface area contributed by atoms with Crippen molar-refractivity contribution < 1.29 is 49.0 Å². The smallest absolute Gasteiger partial charge is 0.306 e. The minimum absolute atomic E-state index is 0.209. The van der Waals surface area contributed by atoms with Gasteiger partial charge in [0.2, 0.25) is 0 Å². The first kappa shape index (κ1) is 50.7. The SMILES string of the molecule is CCCCCCCCCCCCCCCCCCCC(=O)OC[C@@H](CO[C@H]1O[C@@H](CO)[C@@H](O)C(O)C1O)OC(=O)CCCCCCCCCCCCCC. The van der Waals surface area contributed by atoms with Crippen LogP contribution < -0.4 is 0 Å². The predicted octanol–water partition coefficient (Wildman–Crippen LogP) is 9.39. The van der Waals surface area contributed by atoms with Gasteiger partial charge in [-0.15, -0.1) is 0 Å². The lowest BCUT2D eigenvalue weighted by Gasteiger charge is -2.39. The molecule has 1 heterocycles. The van der Waals surface area contributed by atoms with Crippen molar-refractivity contribution in [1.29, 1.82) is 0 Å². The Morgan fingerprint density at radius 1 is 0.500 bits per heavy atom. The molecule has 0 saturated carbocycles. The molecular weight excluding hydrogens is 688 g/mol. The highest BCUT2D eigenvalue weighted by Crippen LogP contribution is 2.23. The van der Waals surface area contributed by atoms with Crippen molar-refractivity contribution in [2.75, 3.05) is 19.8 Å². The maximum atomic E-state index is 12.7. The van der Waals surface area contributed by atoms with E-state index in [2.05, 4.69) is 13.8 Å². The lowest BCUT2D eigenvalue weighted by Crippen LogP contribution is -2.59. The van der Waals surface area contributed by atoms with Gasteiger partial charge in [0.15, 0.2) is 12.4 Å². The van der Waals surface area contributed by atoms with E-state index in [-0.39, 0.29) is 32.0 Å². The normalized spacial score (nSPS) is 20.6. The fourth-order valence-corrected chi connectivity index (χ4v) is 7.13. The van der Waals surface area contributed by atoms with Gasteiger partial charge in [-0.3, -0.25) is 9.59 Å². The van der Waals surface area contributed by atoms with Gasteiger partial charge in [0.05, 0.1) is 13.2 Å². The first-order chi connectivity index (χ1) is 26.3. The molecule has 0 aromatic heterocycles. The summed E-state index contributed by atoms with van der Waals surface area (Å²) in [4.78, 5) is 25.3. The first-order valence-electron chi connectivity index (χ1n) is 22.6. The van der Waals surface area contributed by atoms with Gasteiger partial charge in [0, 0.05) is 12.8 Å². The fourth-order valence-electron chi connectivity index (χ4n) is 7.13. The number of unbranched alkanes of at least 4 members (excludes halogenated alkanes) is 27. The molecule has 1 saturated heterocycles. The summed E-state index contributed by atoms with van der Waals surface area (Å²) < 4.78 is 22.2. The highest BCUT2D eigenvalue weighted by molar-refractivity contribution is 5.70. The van der Waals surface area contributed by atoms with E-state index < -0.39 is 49.4 Å². The summed E-state index contributed by atoms with van der Waals surface area (Å²) in [5.74, 6) is -0.792. The number of carbonyl (C=O) groups excluding carboxylic acids is 2. The van der Waals surface area contributed by atoms with Crippen LogP contribution in [0.5, 0.6) is 0 Å². The van der Waals surface area contributed by atoms with Crippen LogP contribution in [0.2, 0.25) is 0 Å². The molecule has 320 valence electrons. The zero-order valence-corrected chi connectivity index (χ0v) is 34.7. The predicted molar refractivity (Wildman–Crippen MR) is 215 cm³/mol. The van der Waals surface area contributed by atoms with Crippen LogP contribution >= 0.6 is 0 Å². The zero-order chi connectivity index (χ0) is 39.5. The quantitative estimate of drug-likeness (QED) is 0.0353. The van der Waals surface area contributed by atoms with Crippen LogP contribution in [0.25, 0.3) is 0 Å². The average molecular weight is 773 g/mol. The molecular formula is C44H84O10. The van der Waals surface area contributed by atoms with Gasteiger partial charge in [0.1, 0.15) is 31.0 Å². The lowest BCUT2D eigenvalue weighted by molar-refractivity contribution is -0.305. The molecule has 0 spiro atoms. The molecule has 0 bridgehead atoms. The molecule has 54 heavy (non-hydrogen) atoms. The highest BCUT2D eigenvalue weighted by atomic mass is 16.7. The number of carbonyl (C=O) groups is 2. The molecule has 1 fully saturated rings. The maximum Gasteiger partial charge on any atom is 0.306 e. The number of aliphatic hydroxyl groups excluding tert-OH is 4. The number of aliphatic hydroxyl groups is 4. The third-order valence-corrected chi connectivity index (χ3v) is 10.7. The number of rotatable bonds is 38. The number of esters is 2. The molecule has 0 amide bonds. The zero-order valence-electron chi connectivity index (χ0n) is 34.7. The Morgan fingerprint density at radius 3 is 1.26 bits per heavy atom. The van der Waals surface area contributed by atoms with Crippen LogP contribution in [-0.4, -0.2) is 89.0 Å². The van der Waals surface area contributed by atoms with Crippen molar-refractivity contribution in [3.05, 3.63) is 0 Å². The van der Waals surface area contributed by atoms with E-state index in [9.17, 15) is 30.0 Å². The van der Waals surface area contributed by atoms with Gasteiger partial charge in [-0.2, -0.15) is 0 Å². The van der Waals surface area contributed by atoms with Gasteiger partial charge in [-0.05, 0) is 12.8 Å². The van der Waals surface area contributed by atoms with Crippen molar-refractivity contribution >= 4 is 11.9 Å². The van der Waals surface area contributed by atoms with Crippen molar-refractivity contribution in [3.63, 3.8) is 0 Å². The van der Waals surface area contributed by atoms with E-state index in [0.717, 1.165) is 38.5 Å². The Kier molecular flexibility index (Phi) is 33.9. The minimum Gasteiger partial charge on any atom is -0.462 e. The van der Waals surface area contributed by atoms with Crippen molar-refractivity contribution in [2.45, 2.75) is 250 Å². The van der Waals surface area contributed by atoms with Gasteiger partial charge in [-0.1, -0.05) is 187 Å². The van der Waals surface area contributed by atoms with E-state index in [4.69, 9.17) is 18.9 Å². The topological polar surface area (TPSA) is 152 Å². The Labute approximate surface area is 329 Å². The van der Waals surface area contributed by atoms with Gasteiger partial charge >= 0.3 is 11.9 Å².